The Kier molecular flexibility index (Phi) is 5.12. The summed E-state index contributed by atoms with van der Waals surface area (Å²) in [5.74, 6) is 1.25. The topological polar surface area (TPSA) is 108 Å². The van der Waals surface area contributed by atoms with E-state index in [0.29, 0.717) is 46.6 Å². The van der Waals surface area contributed by atoms with E-state index < -0.39 is 13.0 Å². The Morgan fingerprint density at radius 3 is 2.78 bits per heavy atom. The molecule has 0 aromatic carbocycles. The number of nitrogens with one attached hydrogen (secondary N) is 1. The number of anilines is 2. The van der Waals surface area contributed by atoms with Gasteiger partial charge in [0.15, 0.2) is 11.5 Å². The lowest BCUT2D eigenvalue weighted by atomic mass is 9.89. The summed E-state index contributed by atoms with van der Waals surface area (Å²) in [7, 11) is 0. The molecule has 0 spiro atoms. The van der Waals surface area contributed by atoms with E-state index in [2.05, 4.69) is 25.4 Å². The normalized spacial score (nSPS) is 18.5. The second-order valence-electron chi connectivity index (χ2n) is 7.93. The number of rotatable bonds is 7. The molecule has 4 aromatic rings. The van der Waals surface area contributed by atoms with Crippen LogP contribution in [0.15, 0.2) is 24.4 Å². The van der Waals surface area contributed by atoms with Gasteiger partial charge in [-0.3, -0.25) is 0 Å². The molecule has 32 heavy (non-hydrogen) atoms. The van der Waals surface area contributed by atoms with E-state index >= 15 is 0 Å². The lowest BCUT2D eigenvalue weighted by molar-refractivity contribution is 0.00283. The number of ether oxygens (including phenoxy) is 1. The van der Waals surface area contributed by atoms with Gasteiger partial charge in [-0.1, -0.05) is 0 Å². The Hall–Kier alpha value is -3.34. The Labute approximate surface area is 182 Å². The second kappa shape index (κ2) is 7.97. The molecule has 1 aliphatic rings. The first-order chi connectivity index (χ1) is 15.4. The third-order valence-electron chi connectivity index (χ3n) is 5.75. The average Bonchev–Trinajstić information content (AvgIpc) is 3.27. The number of nitrogens with zero attached hydrogens (tertiary/aromatic N) is 6. The van der Waals surface area contributed by atoms with Gasteiger partial charge in [-0.25, -0.2) is 23.3 Å². The van der Waals surface area contributed by atoms with Gasteiger partial charge in [-0.15, -0.1) is 5.10 Å². The van der Waals surface area contributed by atoms with Crippen molar-refractivity contribution in [2.45, 2.75) is 51.8 Å². The SMILES string of the molecule is CCOC1CC(Nc2nc(N)c3c(-c4ccc5nc(C)n(CC(F)F)c5n4)ccn3n2)C1. The molecule has 1 aliphatic carbocycles. The van der Waals surface area contributed by atoms with Crippen LogP contribution in [-0.2, 0) is 11.3 Å². The van der Waals surface area contributed by atoms with Crippen LogP contribution in [0.25, 0.3) is 27.9 Å². The molecule has 0 unspecified atom stereocenters. The maximum atomic E-state index is 13.0. The number of nitrogens with two attached hydrogens (primary N) is 1. The van der Waals surface area contributed by atoms with Crippen molar-refractivity contribution in [3.05, 3.63) is 30.2 Å². The number of hydrogen-bond donors (Lipinski definition) is 2. The fraction of sp³-hybridized carbons (Fsp3) is 0.429. The van der Waals surface area contributed by atoms with E-state index in [0.717, 1.165) is 18.4 Å². The fourth-order valence-corrected chi connectivity index (χ4v) is 4.18. The van der Waals surface area contributed by atoms with Crippen LogP contribution < -0.4 is 11.1 Å². The predicted molar refractivity (Wildman–Crippen MR) is 117 cm³/mol. The van der Waals surface area contributed by atoms with Gasteiger partial charge < -0.3 is 20.4 Å². The maximum absolute atomic E-state index is 13.0. The zero-order valence-electron chi connectivity index (χ0n) is 17.8. The van der Waals surface area contributed by atoms with Gasteiger partial charge in [-0.05, 0) is 44.9 Å². The van der Waals surface area contributed by atoms with E-state index in [1.807, 2.05) is 13.0 Å². The monoisotopic (exact) mass is 442 g/mol. The van der Waals surface area contributed by atoms with Crippen molar-refractivity contribution < 1.29 is 13.5 Å². The summed E-state index contributed by atoms with van der Waals surface area (Å²) < 4.78 is 34.7. The highest BCUT2D eigenvalue weighted by Gasteiger charge is 2.30. The molecule has 1 saturated carbocycles. The van der Waals surface area contributed by atoms with Crippen LogP contribution in [0.3, 0.4) is 0 Å². The molecule has 0 bridgehead atoms. The first-order valence-corrected chi connectivity index (χ1v) is 10.6. The molecule has 0 saturated heterocycles. The number of aryl methyl sites for hydroxylation is 1. The minimum Gasteiger partial charge on any atom is -0.382 e. The van der Waals surface area contributed by atoms with Crippen molar-refractivity contribution in [3.63, 3.8) is 0 Å². The van der Waals surface area contributed by atoms with Crippen LogP contribution >= 0.6 is 0 Å². The average molecular weight is 442 g/mol. The molecule has 11 heteroatoms. The lowest BCUT2D eigenvalue weighted by Crippen LogP contribution is -2.41. The van der Waals surface area contributed by atoms with Gasteiger partial charge in [0.05, 0.1) is 18.3 Å². The molecule has 3 N–H and O–H groups in total. The highest BCUT2D eigenvalue weighted by atomic mass is 19.3. The van der Waals surface area contributed by atoms with Gasteiger partial charge in [0.1, 0.15) is 16.9 Å². The predicted octanol–water partition coefficient (Wildman–Crippen LogP) is 3.28. The molecule has 168 valence electrons. The lowest BCUT2D eigenvalue weighted by Gasteiger charge is -2.35. The van der Waals surface area contributed by atoms with Crippen LogP contribution in [-0.4, -0.2) is 54.3 Å². The van der Waals surface area contributed by atoms with Crippen LogP contribution in [0, 0.1) is 6.92 Å². The smallest absolute Gasteiger partial charge is 0.256 e. The number of aromatic nitrogens is 6. The van der Waals surface area contributed by atoms with E-state index in [1.54, 1.807) is 29.8 Å². The molecule has 0 amide bonds. The molecule has 9 nitrogen and oxygen atoms in total. The number of alkyl halides is 2. The fourth-order valence-electron chi connectivity index (χ4n) is 4.18. The summed E-state index contributed by atoms with van der Waals surface area (Å²) in [5, 5.41) is 7.83. The van der Waals surface area contributed by atoms with E-state index in [9.17, 15) is 8.78 Å². The number of pyridine rings is 1. The Morgan fingerprint density at radius 2 is 2.03 bits per heavy atom. The molecule has 4 aromatic heterocycles. The summed E-state index contributed by atoms with van der Waals surface area (Å²) in [6.45, 7) is 3.93. The summed E-state index contributed by atoms with van der Waals surface area (Å²) in [5.41, 5.74) is 9.18. The molecule has 0 aliphatic heterocycles. The molecule has 1 fully saturated rings. The van der Waals surface area contributed by atoms with Gasteiger partial charge >= 0.3 is 0 Å². The third kappa shape index (κ3) is 3.62. The van der Waals surface area contributed by atoms with Crippen molar-refractivity contribution in [1.82, 2.24) is 29.1 Å². The molecular formula is C21H24F2N8O. The van der Waals surface area contributed by atoms with Crippen LogP contribution in [0.1, 0.15) is 25.6 Å². The number of fused-ring (bicyclic) bond motifs is 2. The second-order valence-corrected chi connectivity index (χ2v) is 7.93. The standard InChI is InChI=1S/C21H24F2N8O/c1-3-32-13-8-12(9-13)26-21-28-19(24)18-14(6-7-31(18)29-21)15-4-5-16-20(27-15)30(10-17(22)23)11(2)25-16/h4-7,12-13,17H,3,8-10H2,1-2H3,(H3,24,26,28,29). The largest absolute Gasteiger partial charge is 0.382 e. The quantitative estimate of drug-likeness (QED) is 0.452. The number of halogens is 2. The first kappa shape index (κ1) is 20.6. The number of nitrogen functional groups attached to an aromatic ring is 1. The van der Waals surface area contributed by atoms with E-state index in [-0.39, 0.29) is 12.1 Å². The van der Waals surface area contributed by atoms with Gasteiger partial charge in [0, 0.05) is 24.4 Å². The summed E-state index contributed by atoms with van der Waals surface area (Å²) >= 11 is 0. The van der Waals surface area contributed by atoms with Crippen molar-refractivity contribution in [3.8, 4) is 11.3 Å². The number of imidazole rings is 1. The molecule has 0 radical (unpaired) electrons. The van der Waals surface area contributed by atoms with Gasteiger partial charge in [-0.2, -0.15) is 4.98 Å². The minimum absolute atomic E-state index is 0.251. The zero-order chi connectivity index (χ0) is 22.4. The highest BCUT2D eigenvalue weighted by Crippen LogP contribution is 2.31. The highest BCUT2D eigenvalue weighted by molar-refractivity contribution is 5.88. The molecule has 0 atom stereocenters. The van der Waals surface area contributed by atoms with E-state index in [1.165, 1.54) is 4.57 Å². The van der Waals surface area contributed by atoms with Gasteiger partial charge in [0.2, 0.25) is 5.95 Å². The summed E-state index contributed by atoms with van der Waals surface area (Å²) in [6, 6.07) is 5.66. The Balaban J connectivity index is 1.46. The molecule has 5 rings (SSSR count). The maximum Gasteiger partial charge on any atom is 0.256 e. The van der Waals surface area contributed by atoms with Crippen LogP contribution in [0.5, 0.6) is 0 Å². The summed E-state index contributed by atoms with van der Waals surface area (Å²) in [6.07, 6.45) is 1.37. The van der Waals surface area contributed by atoms with Crippen molar-refractivity contribution in [1.29, 1.82) is 0 Å². The van der Waals surface area contributed by atoms with Gasteiger partial charge in [0.25, 0.3) is 6.43 Å². The van der Waals surface area contributed by atoms with E-state index in [4.69, 9.17) is 10.5 Å². The van der Waals surface area contributed by atoms with Crippen molar-refractivity contribution >= 4 is 28.4 Å². The third-order valence-corrected chi connectivity index (χ3v) is 5.75. The summed E-state index contributed by atoms with van der Waals surface area (Å²) in [4.78, 5) is 13.4. The van der Waals surface area contributed by atoms with Crippen LogP contribution in [0.4, 0.5) is 20.5 Å². The Bertz CT molecular complexity index is 1280. The number of hydrogen-bond acceptors (Lipinski definition) is 7. The Morgan fingerprint density at radius 1 is 1.22 bits per heavy atom. The minimum atomic E-state index is -2.50. The first-order valence-electron chi connectivity index (χ1n) is 10.6. The van der Waals surface area contributed by atoms with Crippen LogP contribution in [0.2, 0.25) is 0 Å². The van der Waals surface area contributed by atoms with Crippen molar-refractivity contribution in [2.75, 3.05) is 17.7 Å². The molecular weight excluding hydrogens is 418 g/mol. The zero-order valence-corrected chi connectivity index (χ0v) is 17.8. The molecule has 4 heterocycles. The van der Waals surface area contributed by atoms with Crippen molar-refractivity contribution in [2.24, 2.45) is 0 Å².